The summed E-state index contributed by atoms with van der Waals surface area (Å²) in [6.07, 6.45) is -2.27. The Morgan fingerprint density at radius 1 is 1.25 bits per heavy atom. The molecule has 1 aliphatic rings. The van der Waals surface area contributed by atoms with Crippen LogP contribution < -0.4 is 5.32 Å². The van der Waals surface area contributed by atoms with Crippen molar-refractivity contribution in [2.75, 3.05) is 25.1 Å². The molecule has 1 aromatic carbocycles. The van der Waals surface area contributed by atoms with Crippen LogP contribution >= 0.6 is 11.8 Å². The van der Waals surface area contributed by atoms with E-state index >= 15 is 0 Å². The van der Waals surface area contributed by atoms with Gasteiger partial charge in [-0.1, -0.05) is 18.2 Å². The third-order valence-electron chi connectivity index (χ3n) is 3.92. The van der Waals surface area contributed by atoms with Gasteiger partial charge in [-0.3, -0.25) is 0 Å². The quantitative estimate of drug-likeness (QED) is 0.896. The molecule has 20 heavy (non-hydrogen) atoms. The second-order valence-electron chi connectivity index (χ2n) is 5.20. The average molecular weight is 303 g/mol. The zero-order valence-corrected chi connectivity index (χ0v) is 12.4. The first-order chi connectivity index (χ1) is 9.54. The summed E-state index contributed by atoms with van der Waals surface area (Å²) >= 11 is 1.90. The molecule has 1 aromatic rings. The van der Waals surface area contributed by atoms with E-state index in [1.54, 1.807) is 19.2 Å². The predicted molar refractivity (Wildman–Crippen MR) is 78.2 cm³/mol. The average Bonchev–Trinajstić information content (AvgIpc) is 2.45. The van der Waals surface area contributed by atoms with Crippen LogP contribution in [0.4, 0.5) is 13.2 Å². The molecule has 112 valence electrons. The number of rotatable bonds is 4. The van der Waals surface area contributed by atoms with Gasteiger partial charge < -0.3 is 5.32 Å². The number of benzene rings is 1. The molecule has 1 atom stereocenters. The highest BCUT2D eigenvalue weighted by atomic mass is 32.2. The number of hydrogen-bond acceptors (Lipinski definition) is 2. The number of thioether (sulfide) groups is 1. The molecule has 0 bridgehead atoms. The molecule has 0 spiro atoms. The molecule has 1 heterocycles. The summed E-state index contributed by atoms with van der Waals surface area (Å²) in [6.45, 7) is 0.600. The van der Waals surface area contributed by atoms with Crippen molar-refractivity contribution in [3.63, 3.8) is 0 Å². The SMILES string of the molecule is CNCC(c1ccccc1C(F)(F)F)C1CCSCC1. The molecule has 1 fully saturated rings. The van der Waals surface area contributed by atoms with E-state index in [0.717, 1.165) is 24.3 Å². The lowest BCUT2D eigenvalue weighted by Crippen LogP contribution is -2.28. The van der Waals surface area contributed by atoms with Gasteiger partial charge in [0.15, 0.2) is 0 Å². The number of likely N-dealkylation sites (N-methyl/N-ethyl adjacent to an activating group) is 1. The van der Waals surface area contributed by atoms with Crippen molar-refractivity contribution in [1.82, 2.24) is 5.32 Å². The van der Waals surface area contributed by atoms with Gasteiger partial charge in [-0.15, -0.1) is 0 Å². The highest BCUT2D eigenvalue weighted by molar-refractivity contribution is 7.99. The Morgan fingerprint density at radius 3 is 2.50 bits per heavy atom. The molecule has 0 saturated carbocycles. The molecule has 0 aromatic heterocycles. The Morgan fingerprint density at radius 2 is 1.90 bits per heavy atom. The van der Waals surface area contributed by atoms with Crippen LogP contribution in [0.1, 0.15) is 29.9 Å². The van der Waals surface area contributed by atoms with Gasteiger partial charge in [-0.25, -0.2) is 0 Å². The molecule has 0 amide bonds. The van der Waals surface area contributed by atoms with Gasteiger partial charge in [0, 0.05) is 6.54 Å². The van der Waals surface area contributed by atoms with Gasteiger partial charge in [0.05, 0.1) is 5.56 Å². The highest BCUT2D eigenvalue weighted by Gasteiger charge is 2.36. The van der Waals surface area contributed by atoms with Crippen LogP contribution in [0, 0.1) is 5.92 Å². The van der Waals surface area contributed by atoms with Gasteiger partial charge in [-0.2, -0.15) is 24.9 Å². The first-order valence-corrected chi connectivity index (χ1v) is 8.08. The zero-order valence-electron chi connectivity index (χ0n) is 11.5. The Kier molecular flexibility index (Phi) is 5.38. The second-order valence-corrected chi connectivity index (χ2v) is 6.42. The number of hydrogen-bond donors (Lipinski definition) is 1. The first-order valence-electron chi connectivity index (χ1n) is 6.92. The third kappa shape index (κ3) is 3.70. The topological polar surface area (TPSA) is 12.0 Å². The van der Waals surface area contributed by atoms with Crippen LogP contribution in [0.3, 0.4) is 0 Å². The summed E-state index contributed by atoms with van der Waals surface area (Å²) in [4.78, 5) is 0. The summed E-state index contributed by atoms with van der Waals surface area (Å²) in [6, 6.07) is 6.03. The van der Waals surface area contributed by atoms with Gasteiger partial charge in [-0.05, 0) is 54.9 Å². The lowest BCUT2D eigenvalue weighted by atomic mass is 9.80. The van der Waals surface area contributed by atoms with Gasteiger partial charge in [0.25, 0.3) is 0 Å². The van der Waals surface area contributed by atoms with E-state index in [2.05, 4.69) is 5.32 Å². The molecular formula is C15H20F3NS. The third-order valence-corrected chi connectivity index (χ3v) is 4.97. The molecular weight excluding hydrogens is 283 g/mol. The lowest BCUT2D eigenvalue weighted by molar-refractivity contribution is -0.138. The highest BCUT2D eigenvalue weighted by Crippen LogP contribution is 2.40. The minimum Gasteiger partial charge on any atom is -0.319 e. The van der Waals surface area contributed by atoms with E-state index < -0.39 is 11.7 Å². The van der Waals surface area contributed by atoms with E-state index in [1.807, 2.05) is 11.8 Å². The second kappa shape index (κ2) is 6.85. The smallest absolute Gasteiger partial charge is 0.319 e. The molecule has 0 aliphatic carbocycles. The van der Waals surface area contributed by atoms with E-state index in [0.29, 0.717) is 18.0 Å². The number of nitrogens with one attached hydrogen (secondary N) is 1. The lowest BCUT2D eigenvalue weighted by Gasteiger charge is -2.32. The maximum Gasteiger partial charge on any atom is 0.416 e. The summed E-state index contributed by atoms with van der Waals surface area (Å²) in [5.41, 5.74) is -0.0234. The fourth-order valence-electron chi connectivity index (χ4n) is 2.95. The van der Waals surface area contributed by atoms with Crippen LogP contribution in [0.15, 0.2) is 24.3 Å². The number of alkyl halides is 3. The maximum atomic E-state index is 13.2. The molecule has 0 radical (unpaired) electrons. The normalized spacial score (nSPS) is 19.0. The fourth-order valence-corrected chi connectivity index (χ4v) is 4.09. The molecule has 1 aliphatic heterocycles. The Bertz CT molecular complexity index is 427. The Hall–Kier alpha value is -0.680. The van der Waals surface area contributed by atoms with Crippen LogP contribution in [-0.4, -0.2) is 25.1 Å². The van der Waals surface area contributed by atoms with Crippen LogP contribution in [-0.2, 0) is 6.18 Å². The Labute approximate surface area is 122 Å². The fraction of sp³-hybridized carbons (Fsp3) is 0.600. The largest absolute Gasteiger partial charge is 0.416 e. The first kappa shape index (κ1) is 15.7. The van der Waals surface area contributed by atoms with Crippen LogP contribution in [0.25, 0.3) is 0 Å². The zero-order chi connectivity index (χ0) is 14.6. The molecule has 1 unspecified atom stereocenters. The van der Waals surface area contributed by atoms with Crippen LogP contribution in [0.5, 0.6) is 0 Å². The van der Waals surface area contributed by atoms with E-state index in [-0.39, 0.29) is 5.92 Å². The molecule has 5 heteroatoms. The van der Waals surface area contributed by atoms with Crippen molar-refractivity contribution >= 4 is 11.8 Å². The molecule has 1 nitrogen and oxygen atoms in total. The predicted octanol–water partition coefficient (Wildman–Crippen LogP) is 4.15. The van der Waals surface area contributed by atoms with Gasteiger partial charge in [0.1, 0.15) is 0 Å². The van der Waals surface area contributed by atoms with Crippen LogP contribution in [0.2, 0.25) is 0 Å². The van der Waals surface area contributed by atoms with Crippen molar-refractivity contribution in [2.45, 2.75) is 24.9 Å². The van der Waals surface area contributed by atoms with E-state index in [4.69, 9.17) is 0 Å². The van der Waals surface area contributed by atoms with Gasteiger partial charge >= 0.3 is 6.18 Å². The Balaban J connectivity index is 2.33. The minimum atomic E-state index is -4.27. The minimum absolute atomic E-state index is 0.0567. The number of halogens is 3. The maximum absolute atomic E-state index is 13.2. The molecule has 2 rings (SSSR count). The van der Waals surface area contributed by atoms with E-state index in [9.17, 15) is 13.2 Å². The van der Waals surface area contributed by atoms with Crippen molar-refractivity contribution in [3.05, 3.63) is 35.4 Å². The monoisotopic (exact) mass is 303 g/mol. The van der Waals surface area contributed by atoms with Crippen molar-refractivity contribution in [3.8, 4) is 0 Å². The standard InChI is InChI=1S/C15H20F3NS/c1-19-10-13(11-6-8-20-9-7-11)12-4-2-3-5-14(12)15(16,17)18/h2-5,11,13,19H,6-10H2,1H3. The molecule has 1 N–H and O–H groups in total. The van der Waals surface area contributed by atoms with E-state index in [1.165, 1.54) is 12.1 Å². The summed E-state index contributed by atoms with van der Waals surface area (Å²) in [5.74, 6) is 2.39. The summed E-state index contributed by atoms with van der Waals surface area (Å²) < 4.78 is 39.6. The van der Waals surface area contributed by atoms with Crippen molar-refractivity contribution in [2.24, 2.45) is 5.92 Å². The summed E-state index contributed by atoms with van der Waals surface area (Å²) in [7, 11) is 1.81. The molecule has 1 saturated heterocycles. The van der Waals surface area contributed by atoms with Crippen molar-refractivity contribution in [1.29, 1.82) is 0 Å². The van der Waals surface area contributed by atoms with Crippen molar-refractivity contribution < 1.29 is 13.2 Å². The summed E-state index contributed by atoms with van der Waals surface area (Å²) in [5, 5.41) is 3.07. The van der Waals surface area contributed by atoms with Gasteiger partial charge in [0.2, 0.25) is 0 Å².